The Bertz CT molecular complexity index is 1120. The predicted octanol–water partition coefficient (Wildman–Crippen LogP) is 4.72. The molecule has 1 unspecified atom stereocenters. The number of rotatable bonds is 6. The largest absolute Gasteiger partial charge is 0.358 e. The molecule has 2 heterocycles. The average Bonchev–Trinajstić information content (AvgIpc) is 3.18. The van der Waals surface area contributed by atoms with E-state index in [4.69, 9.17) is 0 Å². The SMILES string of the molecule is CCN(CC)C(=O)N[C@H]1CC2c3cccc4[nH]c(CCc5ccccc5)c(c34)C[C@H]2N(C)C1. The summed E-state index contributed by atoms with van der Waals surface area (Å²) in [6.45, 7) is 6.47. The van der Waals surface area contributed by atoms with Gasteiger partial charge < -0.3 is 20.1 Å². The molecule has 0 bridgehead atoms. The highest BCUT2D eigenvalue weighted by atomic mass is 16.2. The van der Waals surface area contributed by atoms with E-state index < -0.39 is 0 Å². The third-order valence-electron chi connectivity index (χ3n) is 7.82. The number of aromatic amines is 1. The Morgan fingerprint density at radius 1 is 1.09 bits per heavy atom. The predicted molar refractivity (Wildman–Crippen MR) is 135 cm³/mol. The zero-order valence-corrected chi connectivity index (χ0v) is 20.1. The lowest BCUT2D eigenvalue weighted by atomic mass is 9.73. The van der Waals surface area contributed by atoms with E-state index in [9.17, 15) is 4.79 Å². The normalized spacial score (nSPS) is 22.2. The number of piperidine rings is 1. The maximum Gasteiger partial charge on any atom is 0.317 e. The summed E-state index contributed by atoms with van der Waals surface area (Å²) in [7, 11) is 2.23. The number of benzene rings is 2. The first-order valence-electron chi connectivity index (χ1n) is 12.5. The Balaban J connectivity index is 1.41. The van der Waals surface area contributed by atoms with Gasteiger partial charge in [-0.25, -0.2) is 4.79 Å². The highest BCUT2D eigenvalue weighted by Crippen LogP contribution is 2.44. The Hall–Kier alpha value is -2.79. The van der Waals surface area contributed by atoms with Crippen LogP contribution >= 0.6 is 0 Å². The molecule has 0 spiro atoms. The molecule has 5 heteroatoms. The minimum Gasteiger partial charge on any atom is -0.358 e. The second-order valence-corrected chi connectivity index (χ2v) is 9.71. The van der Waals surface area contributed by atoms with Crippen molar-refractivity contribution in [3.8, 4) is 0 Å². The number of aromatic nitrogens is 1. The fourth-order valence-corrected chi connectivity index (χ4v) is 6.11. The molecule has 0 saturated carbocycles. The Morgan fingerprint density at radius 3 is 2.64 bits per heavy atom. The van der Waals surface area contributed by atoms with E-state index in [1.54, 1.807) is 0 Å². The van der Waals surface area contributed by atoms with Crippen molar-refractivity contribution in [2.45, 2.75) is 57.5 Å². The van der Waals surface area contributed by atoms with Crippen LogP contribution < -0.4 is 5.32 Å². The minimum absolute atomic E-state index is 0.0661. The van der Waals surface area contributed by atoms with Crippen LogP contribution in [0.15, 0.2) is 48.5 Å². The number of fused-ring (bicyclic) bond motifs is 2. The molecule has 1 fully saturated rings. The van der Waals surface area contributed by atoms with Gasteiger partial charge in [0.15, 0.2) is 0 Å². The first-order chi connectivity index (χ1) is 16.1. The lowest BCUT2D eigenvalue weighted by molar-refractivity contribution is 0.124. The van der Waals surface area contributed by atoms with E-state index in [1.807, 2.05) is 18.7 Å². The molecule has 0 radical (unpaired) electrons. The molecule has 174 valence electrons. The third-order valence-corrected chi connectivity index (χ3v) is 7.82. The van der Waals surface area contributed by atoms with Crippen LogP contribution in [-0.4, -0.2) is 59.6 Å². The molecule has 2 N–H and O–H groups in total. The monoisotopic (exact) mass is 444 g/mol. The molecular formula is C28H36N4O. The molecule has 1 aliphatic carbocycles. The van der Waals surface area contributed by atoms with Crippen LogP contribution in [0.1, 0.15) is 48.6 Å². The lowest BCUT2D eigenvalue weighted by Crippen LogP contribution is -2.56. The zero-order valence-electron chi connectivity index (χ0n) is 20.1. The van der Waals surface area contributed by atoms with Crippen molar-refractivity contribution in [3.63, 3.8) is 0 Å². The first-order valence-corrected chi connectivity index (χ1v) is 12.5. The zero-order chi connectivity index (χ0) is 22.9. The summed E-state index contributed by atoms with van der Waals surface area (Å²) in [4.78, 5) is 20.8. The van der Waals surface area contributed by atoms with Gasteiger partial charge in [-0.1, -0.05) is 42.5 Å². The van der Waals surface area contributed by atoms with Crippen LogP contribution in [-0.2, 0) is 19.3 Å². The van der Waals surface area contributed by atoms with Gasteiger partial charge in [0.25, 0.3) is 0 Å². The fourth-order valence-electron chi connectivity index (χ4n) is 6.11. The minimum atomic E-state index is 0.0661. The van der Waals surface area contributed by atoms with Crippen LogP contribution in [0.4, 0.5) is 4.79 Å². The highest BCUT2D eigenvalue weighted by Gasteiger charge is 2.40. The molecule has 1 aliphatic heterocycles. The summed E-state index contributed by atoms with van der Waals surface area (Å²) in [5.41, 5.74) is 7.01. The Labute approximate surface area is 197 Å². The number of likely N-dealkylation sites (tertiary alicyclic amines) is 1. The van der Waals surface area contributed by atoms with Crippen LogP contribution in [0.2, 0.25) is 0 Å². The van der Waals surface area contributed by atoms with Gasteiger partial charge in [-0.3, -0.25) is 0 Å². The molecule has 2 amide bonds. The maximum atomic E-state index is 12.7. The average molecular weight is 445 g/mol. The standard InChI is InChI=1S/C28H36N4O/c1-4-32(5-2)28(33)29-20-16-22-21-12-9-13-25-27(21)23(17-26(22)31(3)18-20)24(30-25)15-14-19-10-7-6-8-11-19/h6-13,20,22,26,30H,4-5,14-18H2,1-3H3,(H,29,33)/t20-,22?,26+/m0/s1. The molecule has 5 nitrogen and oxygen atoms in total. The van der Waals surface area contributed by atoms with E-state index in [0.717, 1.165) is 45.3 Å². The van der Waals surface area contributed by atoms with Crippen molar-refractivity contribution in [3.05, 3.63) is 70.9 Å². The third kappa shape index (κ3) is 4.15. The highest BCUT2D eigenvalue weighted by molar-refractivity contribution is 5.89. The molecule has 2 aliphatic rings. The number of hydrogen-bond donors (Lipinski definition) is 2. The molecule has 3 atom stereocenters. The summed E-state index contributed by atoms with van der Waals surface area (Å²) in [5.74, 6) is 0.444. The van der Waals surface area contributed by atoms with Gasteiger partial charge in [0.05, 0.1) is 0 Å². The van der Waals surface area contributed by atoms with Crippen molar-refractivity contribution >= 4 is 16.9 Å². The van der Waals surface area contributed by atoms with Crippen LogP contribution in [0.3, 0.4) is 0 Å². The number of carbonyl (C=O) groups is 1. The number of likely N-dealkylation sites (N-methyl/N-ethyl adjacent to an activating group) is 1. The number of hydrogen-bond acceptors (Lipinski definition) is 2. The molecular weight excluding hydrogens is 408 g/mol. The van der Waals surface area contributed by atoms with E-state index in [2.05, 4.69) is 70.8 Å². The van der Waals surface area contributed by atoms with Crippen LogP contribution in [0, 0.1) is 0 Å². The number of nitrogens with zero attached hydrogens (tertiary/aromatic N) is 2. The molecule has 33 heavy (non-hydrogen) atoms. The first kappa shape index (κ1) is 22.0. The number of nitrogens with one attached hydrogen (secondary N) is 2. The molecule has 3 aromatic rings. The van der Waals surface area contributed by atoms with E-state index >= 15 is 0 Å². The molecule has 2 aromatic carbocycles. The fraction of sp³-hybridized carbons (Fsp3) is 0.464. The number of aryl methyl sites for hydroxylation is 2. The van der Waals surface area contributed by atoms with Gasteiger partial charge in [0.2, 0.25) is 0 Å². The number of amides is 2. The van der Waals surface area contributed by atoms with Crippen molar-refractivity contribution in [1.29, 1.82) is 0 Å². The van der Waals surface area contributed by atoms with E-state index in [1.165, 1.54) is 33.3 Å². The summed E-state index contributed by atoms with van der Waals surface area (Å²) in [6, 6.07) is 18.2. The second-order valence-electron chi connectivity index (χ2n) is 9.71. The van der Waals surface area contributed by atoms with E-state index in [0.29, 0.717) is 12.0 Å². The van der Waals surface area contributed by atoms with Gasteiger partial charge in [-0.15, -0.1) is 0 Å². The quantitative estimate of drug-likeness (QED) is 0.578. The van der Waals surface area contributed by atoms with Gasteiger partial charge in [-0.2, -0.15) is 0 Å². The van der Waals surface area contributed by atoms with Crippen molar-refractivity contribution < 1.29 is 4.79 Å². The maximum absolute atomic E-state index is 12.7. The smallest absolute Gasteiger partial charge is 0.317 e. The summed E-state index contributed by atoms with van der Waals surface area (Å²) >= 11 is 0. The van der Waals surface area contributed by atoms with Gasteiger partial charge >= 0.3 is 6.03 Å². The molecule has 1 saturated heterocycles. The number of carbonyl (C=O) groups excluding carboxylic acids is 1. The Kier molecular flexibility index (Phi) is 6.15. The number of H-pyrrole nitrogens is 1. The molecule has 1 aromatic heterocycles. The van der Waals surface area contributed by atoms with Gasteiger partial charge in [0.1, 0.15) is 0 Å². The van der Waals surface area contributed by atoms with Crippen LogP contribution in [0.5, 0.6) is 0 Å². The van der Waals surface area contributed by atoms with Gasteiger partial charge in [-0.05, 0) is 69.3 Å². The lowest BCUT2D eigenvalue weighted by Gasteiger charge is -2.46. The van der Waals surface area contributed by atoms with E-state index in [-0.39, 0.29) is 12.1 Å². The van der Waals surface area contributed by atoms with Crippen molar-refractivity contribution in [1.82, 2.24) is 20.1 Å². The van der Waals surface area contributed by atoms with Crippen molar-refractivity contribution in [2.24, 2.45) is 0 Å². The van der Waals surface area contributed by atoms with Gasteiger partial charge in [0, 0.05) is 54.2 Å². The second kappa shape index (κ2) is 9.22. The summed E-state index contributed by atoms with van der Waals surface area (Å²) in [6.07, 6.45) is 4.18. The summed E-state index contributed by atoms with van der Waals surface area (Å²) < 4.78 is 0. The van der Waals surface area contributed by atoms with Crippen molar-refractivity contribution in [2.75, 3.05) is 26.7 Å². The topological polar surface area (TPSA) is 51.4 Å². The summed E-state index contributed by atoms with van der Waals surface area (Å²) in [5, 5.41) is 4.76. The Morgan fingerprint density at radius 2 is 1.88 bits per heavy atom. The van der Waals surface area contributed by atoms with Crippen LogP contribution in [0.25, 0.3) is 10.9 Å². The number of urea groups is 1. The molecule has 5 rings (SSSR count).